The average Bonchev–Trinajstić information content (AvgIpc) is 3.21. The van der Waals surface area contributed by atoms with Crippen LogP contribution in [0.4, 0.5) is 5.69 Å². The number of hydrogen-bond donors (Lipinski definition) is 0. The number of ketones is 1. The molecule has 1 unspecified atom stereocenters. The number of benzene rings is 2. The van der Waals surface area contributed by atoms with Crippen molar-refractivity contribution in [3.8, 4) is 11.5 Å². The summed E-state index contributed by atoms with van der Waals surface area (Å²) in [5.41, 5.74) is 1.50. The highest BCUT2D eigenvalue weighted by molar-refractivity contribution is 8.93. The molecule has 2 aliphatic heterocycles. The Kier molecular flexibility index (Phi) is 7.49. The molecule has 0 bridgehead atoms. The minimum Gasteiger partial charge on any atom is -0.486 e. The number of ether oxygens (including phenoxy) is 2. The summed E-state index contributed by atoms with van der Waals surface area (Å²) in [7, 11) is 0. The molecule has 0 spiro atoms. The van der Waals surface area contributed by atoms with Crippen LogP contribution in [0.5, 0.6) is 11.5 Å². The molecule has 1 atom stereocenters. The van der Waals surface area contributed by atoms with Gasteiger partial charge in [-0.1, -0.05) is 30.3 Å². The van der Waals surface area contributed by atoms with E-state index in [2.05, 4.69) is 6.92 Å². The molecule has 0 saturated heterocycles. The molecule has 29 heavy (non-hydrogen) atoms. The van der Waals surface area contributed by atoms with E-state index in [9.17, 15) is 4.79 Å². The van der Waals surface area contributed by atoms with Crippen LogP contribution in [0.15, 0.2) is 47.5 Å². The molecule has 0 amide bonds. The molecule has 0 fully saturated rings. The van der Waals surface area contributed by atoms with E-state index in [0.717, 1.165) is 23.0 Å². The van der Waals surface area contributed by atoms with E-state index in [4.69, 9.17) is 26.1 Å². The van der Waals surface area contributed by atoms with Crippen molar-refractivity contribution in [1.82, 2.24) is 0 Å². The van der Waals surface area contributed by atoms with Gasteiger partial charge in [0, 0.05) is 22.0 Å². The third-order valence-electron chi connectivity index (χ3n) is 4.70. The van der Waals surface area contributed by atoms with E-state index < -0.39 is 0 Å². The topological polar surface area (TPSA) is 51.1 Å². The van der Waals surface area contributed by atoms with Crippen LogP contribution >= 0.6 is 40.3 Å². The van der Waals surface area contributed by atoms with Crippen molar-refractivity contribution in [2.45, 2.75) is 19.4 Å². The summed E-state index contributed by atoms with van der Waals surface area (Å²) < 4.78 is 11.2. The molecule has 5 nitrogen and oxygen atoms in total. The summed E-state index contributed by atoms with van der Waals surface area (Å²) in [5, 5.41) is 1.54. The van der Waals surface area contributed by atoms with Gasteiger partial charge in [0.2, 0.25) is 0 Å². The fraction of sp³-hybridized carbons (Fsp3) is 0.333. The lowest BCUT2D eigenvalue weighted by Crippen LogP contribution is -2.33. The van der Waals surface area contributed by atoms with Crippen molar-refractivity contribution in [2.24, 2.45) is 4.99 Å². The van der Waals surface area contributed by atoms with Crippen LogP contribution in [0.1, 0.15) is 23.7 Å². The molecule has 2 aromatic carbocycles. The largest absolute Gasteiger partial charge is 0.486 e. The second-order valence-electron chi connectivity index (χ2n) is 6.63. The Morgan fingerprint density at radius 1 is 1.17 bits per heavy atom. The summed E-state index contributed by atoms with van der Waals surface area (Å²) >= 11 is 7.73. The first-order chi connectivity index (χ1) is 13.6. The second-order valence-corrected chi connectivity index (χ2v) is 8.05. The Hall–Kier alpha value is -1.70. The van der Waals surface area contributed by atoms with Gasteiger partial charge in [-0.2, -0.15) is 0 Å². The molecule has 4 rings (SSSR count). The number of aliphatic imine (C=N–C) groups is 1. The lowest BCUT2D eigenvalue weighted by atomic mass is 10.1. The van der Waals surface area contributed by atoms with Crippen LogP contribution in [0.2, 0.25) is 5.02 Å². The first kappa shape index (κ1) is 22.0. The first-order valence-electron chi connectivity index (χ1n) is 9.30. The molecular formula is C21H22BrClN2O3S. The van der Waals surface area contributed by atoms with Gasteiger partial charge in [0.05, 0.1) is 12.6 Å². The van der Waals surface area contributed by atoms with Gasteiger partial charge in [-0.3, -0.25) is 9.79 Å². The van der Waals surface area contributed by atoms with Gasteiger partial charge in [-0.15, -0.1) is 17.0 Å². The number of nitrogens with zero attached hydrogens (tertiary/aromatic N) is 2. The van der Waals surface area contributed by atoms with Crippen molar-refractivity contribution in [1.29, 1.82) is 0 Å². The van der Waals surface area contributed by atoms with Gasteiger partial charge < -0.3 is 14.4 Å². The van der Waals surface area contributed by atoms with Gasteiger partial charge >= 0.3 is 0 Å². The SMILES string of the molecule is Br.CCC1CSC(N(CC(=O)c2ccc3c(c2)OCCO3)c2ccc(Cl)cc2)=N1. The van der Waals surface area contributed by atoms with Crippen molar-refractivity contribution in [3.05, 3.63) is 53.1 Å². The number of anilines is 1. The van der Waals surface area contributed by atoms with Crippen molar-refractivity contribution >= 4 is 57.0 Å². The summed E-state index contributed by atoms with van der Waals surface area (Å²) in [4.78, 5) is 19.8. The van der Waals surface area contributed by atoms with Gasteiger partial charge in [0.1, 0.15) is 13.2 Å². The van der Waals surface area contributed by atoms with Gasteiger partial charge in [-0.25, -0.2) is 0 Å². The van der Waals surface area contributed by atoms with Gasteiger partial charge in [-0.05, 0) is 48.9 Å². The van der Waals surface area contributed by atoms with Crippen LogP contribution in [0, 0.1) is 0 Å². The standard InChI is InChI=1S/C21H21ClN2O3S.BrH/c1-2-16-13-28-21(23-16)24(17-6-4-15(22)5-7-17)12-18(25)14-3-8-19-20(11-14)27-10-9-26-19;/h3-8,11,16H,2,9-10,12-13H2,1H3;1H. The quantitative estimate of drug-likeness (QED) is 0.528. The predicted molar refractivity (Wildman–Crippen MR) is 125 cm³/mol. The van der Waals surface area contributed by atoms with Crippen molar-refractivity contribution in [3.63, 3.8) is 0 Å². The Morgan fingerprint density at radius 2 is 1.90 bits per heavy atom. The summed E-state index contributed by atoms with van der Waals surface area (Å²) in [6.45, 7) is 3.35. The zero-order valence-electron chi connectivity index (χ0n) is 16.0. The smallest absolute Gasteiger partial charge is 0.182 e. The Labute approximate surface area is 190 Å². The lowest BCUT2D eigenvalue weighted by molar-refractivity contribution is 0.100. The van der Waals surface area contributed by atoms with Crippen LogP contribution in [0.25, 0.3) is 0 Å². The molecule has 0 aliphatic carbocycles. The molecule has 2 heterocycles. The minimum atomic E-state index is -0.00447. The number of Topliss-reactive ketones (excluding diaryl/α,β-unsaturated/α-hetero) is 1. The van der Waals surface area contributed by atoms with E-state index in [1.54, 1.807) is 30.0 Å². The fourth-order valence-corrected chi connectivity index (χ4v) is 4.43. The van der Waals surface area contributed by atoms with Crippen LogP contribution in [0.3, 0.4) is 0 Å². The maximum atomic E-state index is 13.1. The third-order valence-corrected chi connectivity index (χ3v) is 6.09. The predicted octanol–water partition coefficient (Wildman–Crippen LogP) is 5.26. The molecule has 2 aliphatic rings. The monoisotopic (exact) mass is 496 g/mol. The van der Waals surface area contributed by atoms with Crippen LogP contribution in [-0.4, -0.2) is 42.5 Å². The zero-order valence-corrected chi connectivity index (χ0v) is 19.3. The normalized spacial score (nSPS) is 17.3. The molecule has 0 aromatic heterocycles. The Bertz CT molecular complexity index is 907. The van der Waals surface area contributed by atoms with Crippen molar-refractivity contribution in [2.75, 3.05) is 30.4 Å². The highest BCUT2D eigenvalue weighted by Crippen LogP contribution is 2.32. The number of rotatable bonds is 5. The molecular weight excluding hydrogens is 476 g/mol. The van der Waals surface area contributed by atoms with E-state index in [-0.39, 0.29) is 29.3 Å². The highest BCUT2D eigenvalue weighted by atomic mass is 79.9. The molecule has 0 N–H and O–H groups in total. The van der Waals surface area contributed by atoms with Gasteiger partial charge in [0.15, 0.2) is 22.4 Å². The molecule has 0 radical (unpaired) electrons. The first-order valence-corrected chi connectivity index (χ1v) is 10.7. The average molecular weight is 498 g/mol. The number of carbonyl (C=O) groups is 1. The minimum absolute atomic E-state index is 0. The highest BCUT2D eigenvalue weighted by Gasteiger charge is 2.25. The van der Waals surface area contributed by atoms with Crippen LogP contribution in [-0.2, 0) is 0 Å². The number of thioether (sulfide) groups is 1. The molecule has 8 heteroatoms. The van der Waals surface area contributed by atoms with E-state index in [0.29, 0.717) is 41.3 Å². The number of amidine groups is 1. The Balaban J connectivity index is 0.00000240. The lowest BCUT2D eigenvalue weighted by Gasteiger charge is -2.24. The number of hydrogen-bond acceptors (Lipinski definition) is 6. The number of carbonyl (C=O) groups excluding carboxylic acids is 1. The zero-order chi connectivity index (χ0) is 19.5. The van der Waals surface area contributed by atoms with E-state index >= 15 is 0 Å². The molecule has 154 valence electrons. The van der Waals surface area contributed by atoms with Crippen LogP contribution < -0.4 is 14.4 Å². The summed E-state index contributed by atoms with van der Waals surface area (Å²) in [6.07, 6.45) is 0.987. The molecule has 0 saturated carbocycles. The Morgan fingerprint density at radius 3 is 2.59 bits per heavy atom. The fourth-order valence-electron chi connectivity index (χ4n) is 3.10. The number of fused-ring (bicyclic) bond motifs is 1. The molecule has 2 aromatic rings. The maximum absolute atomic E-state index is 13.1. The van der Waals surface area contributed by atoms with E-state index in [1.165, 1.54) is 0 Å². The number of halogens is 2. The van der Waals surface area contributed by atoms with E-state index in [1.807, 2.05) is 29.2 Å². The van der Waals surface area contributed by atoms with Crippen molar-refractivity contribution < 1.29 is 14.3 Å². The van der Waals surface area contributed by atoms with Gasteiger partial charge in [0.25, 0.3) is 0 Å². The summed E-state index contributed by atoms with van der Waals surface area (Å²) in [5.74, 6) is 2.23. The second kappa shape index (κ2) is 9.87. The third kappa shape index (κ3) is 5.08. The summed E-state index contributed by atoms with van der Waals surface area (Å²) in [6, 6.07) is 13.1. The maximum Gasteiger partial charge on any atom is 0.182 e.